The molecule has 0 aliphatic carbocycles. The van der Waals surface area contributed by atoms with E-state index in [1.54, 1.807) is 12.4 Å². The minimum absolute atomic E-state index is 0.202. The predicted octanol–water partition coefficient (Wildman–Crippen LogP) is 4.30. The SMILES string of the molecule is C=C(C)/C=N/c1nc(N/C=C/C2CNc3ccccc32)nc(OCCc2ccccn2)n1. The van der Waals surface area contributed by atoms with Gasteiger partial charge < -0.3 is 15.4 Å². The molecule has 8 nitrogen and oxygen atoms in total. The topological polar surface area (TPSA) is 97.2 Å². The number of anilines is 2. The van der Waals surface area contributed by atoms with E-state index in [0.29, 0.717) is 19.0 Å². The van der Waals surface area contributed by atoms with Crippen LogP contribution in [0.4, 0.5) is 17.6 Å². The zero-order chi connectivity index (χ0) is 22.2. The van der Waals surface area contributed by atoms with E-state index >= 15 is 0 Å². The molecule has 1 aromatic carbocycles. The summed E-state index contributed by atoms with van der Waals surface area (Å²) in [6.07, 6.45) is 7.94. The van der Waals surface area contributed by atoms with E-state index in [1.165, 1.54) is 11.3 Å². The third-order valence-electron chi connectivity index (χ3n) is 4.73. The van der Waals surface area contributed by atoms with E-state index < -0.39 is 0 Å². The van der Waals surface area contributed by atoms with E-state index in [-0.39, 0.29) is 17.9 Å². The molecule has 0 saturated heterocycles. The highest BCUT2D eigenvalue weighted by Crippen LogP contribution is 2.31. The number of fused-ring (bicyclic) bond motifs is 1. The Kier molecular flexibility index (Phi) is 6.81. The lowest BCUT2D eigenvalue weighted by molar-refractivity contribution is 0.295. The highest BCUT2D eigenvalue weighted by atomic mass is 16.5. The van der Waals surface area contributed by atoms with Crippen LogP contribution >= 0.6 is 0 Å². The lowest BCUT2D eigenvalue weighted by Crippen LogP contribution is -2.07. The van der Waals surface area contributed by atoms with Gasteiger partial charge in [0.05, 0.1) is 6.61 Å². The zero-order valence-corrected chi connectivity index (χ0v) is 17.9. The van der Waals surface area contributed by atoms with Gasteiger partial charge in [-0.15, -0.1) is 0 Å². The zero-order valence-electron chi connectivity index (χ0n) is 17.9. The van der Waals surface area contributed by atoms with E-state index in [1.807, 2.05) is 43.5 Å². The summed E-state index contributed by atoms with van der Waals surface area (Å²) >= 11 is 0. The number of allylic oxidation sites excluding steroid dienone is 1. The van der Waals surface area contributed by atoms with Crippen molar-refractivity contribution in [2.24, 2.45) is 4.99 Å². The standard InChI is InChI=1S/C24H25N7O/c1-17(2)15-28-23-29-22(26-13-10-18-16-27-21-9-4-3-8-20(18)21)30-24(31-23)32-14-11-19-7-5-6-12-25-19/h3-10,12-13,15,18,27H,1,11,14,16H2,2H3,(H,26,29,30,31)/b13-10+,28-15+. The molecule has 0 spiro atoms. The number of aliphatic imine (C=N–C) groups is 1. The van der Waals surface area contributed by atoms with Crippen LogP contribution in [-0.2, 0) is 6.42 Å². The van der Waals surface area contributed by atoms with Crippen molar-refractivity contribution in [2.75, 3.05) is 23.8 Å². The molecule has 0 fully saturated rings. The Labute approximate surface area is 187 Å². The van der Waals surface area contributed by atoms with Crippen LogP contribution in [0.15, 0.2) is 78.1 Å². The van der Waals surface area contributed by atoms with Crippen LogP contribution < -0.4 is 15.4 Å². The molecule has 1 unspecified atom stereocenters. The van der Waals surface area contributed by atoms with E-state index in [9.17, 15) is 0 Å². The summed E-state index contributed by atoms with van der Waals surface area (Å²) < 4.78 is 5.75. The van der Waals surface area contributed by atoms with Gasteiger partial charge in [-0.2, -0.15) is 15.0 Å². The number of hydrogen-bond acceptors (Lipinski definition) is 8. The fourth-order valence-corrected chi connectivity index (χ4v) is 3.22. The fraction of sp³-hybridized carbons (Fsp3) is 0.208. The van der Waals surface area contributed by atoms with Gasteiger partial charge in [-0.05, 0) is 36.3 Å². The number of benzene rings is 1. The maximum atomic E-state index is 5.75. The fourth-order valence-electron chi connectivity index (χ4n) is 3.22. The lowest BCUT2D eigenvalue weighted by atomic mass is 10.0. The van der Waals surface area contributed by atoms with Gasteiger partial charge in [-0.1, -0.05) is 36.9 Å². The van der Waals surface area contributed by atoms with E-state index in [4.69, 9.17) is 4.74 Å². The van der Waals surface area contributed by atoms with Gasteiger partial charge in [-0.25, -0.2) is 4.99 Å². The Hall–Kier alpha value is -4.07. The van der Waals surface area contributed by atoms with Crippen LogP contribution in [0.1, 0.15) is 24.1 Å². The highest BCUT2D eigenvalue weighted by Gasteiger charge is 2.18. The Bertz CT molecular complexity index is 1130. The maximum Gasteiger partial charge on any atom is 0.323 e. The van der Waals surface area contributed by atoms with Crippen molar-refractivity contribution in [3.63, 3.8) is 0 Å². The summed E-state index contributed by atoms with van der Waals surface area (Å²) in [5, 5.41) is 6.53. The second-order valence-corrected chi connectivity index (χ2v) is 7.34. The quantitative estimate of drug-likeness (QED) is 0.491. The Morgan fingerprint density at radius 1 is 1.22 bits per heavy atom. The summed E-state index contributed by atoms with van der Waals surface area (Å²) in [6, 6.07) is 14.3. The largest absolute Gasteiger partial charge is 0.463 e. The normalized spacial score (nSPS) is 15.0. The third-order valence-corrected chi connectivity index (χ3v) is 4.73. The molecule has 1 aliphatic heterocycles. The van der Waals surface area contributed by atoms with E-state index in [0.717, 1.165) is 17.8 Å². The van der Waals surface area contributed by atoms with Crippen LogP contribution in [0.5, 0.6) is 6.01 Å². The first kappa shape index (κ1) is 21.2. The van der Waals surface area contributed by atoms with Gasteiger partial charge in [0.25, 0.3) is 5.95 Å². The number of hydrogen-bond donors (Lipinski definition) is 2. The van der Waals surface area contributed by atoms with Crippen LogP contribution in [0, 0.1) is 0 Å². The van der Waals surface area contributed by atoms with Crippen molar-refractivity contribution in [3.8, 4) is 6.01 Å². The van der Waals surface area contributed by atoms with Crippen LogP contribution in [-0.4, -0.2) is 39.3 Å². The monoisotopic (exact) mass is 427 g/mol. The average Bonchev–Trinajstić information content (AvgIpc) is 3.22. The lowest BCUT2D eigenvalue weighted by Gasteiger charge is -2.07. The number of ether oxygens (including phenoxy) is 1. The maximum absolute atomic E-state index is 5.75. The molecule has 1 atom stereocenters. The number of nitrogens with zero attached hydrogens (tertiary/aromatic N) is 5. The van der Waals surface area contributed by atoms with Crippen molar-refractivity contribution in [3.05, 3.63) is 84.3 Å². The second-order valence-electron chi connectivity index (χ2n) is 7.34. The molecule has 0 amide bonds. The molecule has 0 saturated carbocycles. The molecule has 8 heteroatoms. The van der Waals surface area contributed by atoms with Crippen molar-refractivity contribution in [1.29, 1.82) is 0 Å². The average molecular weight is 428 g/mol. The first-order valence-electron chi connectivity index (χ1n) is 10.4. The van der Waals surface area contributed by atoms with Gasteiger partial charge >= 0.3 is 6.01 Å². The Morgan fingerprint density at radius 3 is 2.94 bits per heavy atom. The first-order valence-corrected chi connectivity index (χ1v) is 10.4. The van der Waals surface area contributed by atoms with Gasteiger partial charge in [0.2, 0.25) is 5.95 Å². The van der Waals surface area contributed by atoms with E-state index in [2.05, 4.69) is 60.3 Å². The van der Waals surface area contributed by atoms with Crippen molar-refractivity contribution >= 4 is 23.8 Å². The Morgan fingerprint density at radius 2 is 2.09 bits per heavy atom. The number of nitrogens with one attached hydrogen (secondary N) is 2. The predicted molar refractivity (Wildman–Crippen MR) is 127 cm³/mol. The van der Waals surface area contributed by atoms with Gasteiger partial charge in [-0.3, -0.25) is 4.98 Å². The van der Waals surface area contributed by atoms with Gasteiger partial charge in [0, 0.05) is 48.9 Å². The Balaban J connectivity index is 1.44. The molecule has 0 radical (unpaired) electrons. The summed E-state index contributed by atoms with van der Waals surface area (Å²) in [4.78, 5) is 21.5. The molecule has 3 aromatic rings. The minimum atomic E-state index is 0.202. The molecule has 2 N–H and O–H groups in total. The number of aromatic nitrogens is 4. The molecular weight excluding hydrogens is 402 g/mol. The van der Waals surface area contributed by atoms with Crippen LogP contribution in [0.25, 0.3) is 0 Å². The molecule has 32 heavy (non-hydrogen) atoms. The molecule has 4 rings (SSSR count). The minimum Gasteiger partial charge on any atom is -0.463 e. The van der Waals surface area contributed by atoms with Gasteiger partial charge in [0.1, 0.15) is 0 Å². The van der Waals surface area contributed by atoms with Crippen molar-refractivity contribution in [1.82, 2.24) is 19.9 Å². The molecule has 3 heterocycles. The molecule has 1 aliphatic rings. The van der Waals surface area contributed by atoms with Crippen LogP contribution in [0.3, 0.4) is 0 Å². The number of pyridine rings is 1. The summed E-state index contributed by atoms with van der Waals surface area (Å²) in [6.45, 7) is 6.92. The molecular formula is C24H25N7O. The summed E-state index contributed by atoms with van der Waals surface area (Å²) in [5.41, 5.74) is 4.17. The van der Waals surface area contributed by atoms with Crippen molar-refractivity contribution < 1.29 is 4.74 Å². The molecule has 2 aromatic heterocycles. The smallest absolute Gasteiger partial charge is 0.323 e. The molecule has 0 bridgehead atoms. The molecule has 162 valence electrons. The summed E-state index contributed by atoms with van der Waals surface area (Å²) in [7, 11) is 0. The highest BCUT2D eigenvalue weighted by molar-refractivity contribution is 5.78. The third kappa shape index (κ3) is 5.75. The second kappa shape index (κ2) is 10.3. The first-order chi connectivity index (χ1) is 15.7. The number of para-hydroxylation sites is 1. The summed E-state index contributed by atoms with van der Waals surface area (Å²) in [5.74, 6) is 0.882. The van der Waals surface area contributed by atoms with Crippen molar-refractivity contribution in [2.45, 2.75) is 19.3 Å². The number of rotatable bonds is 9. The van der Waals surface area contributed by atoms with Gasteiger partial charge in [0.15, 0.2) is 0 Å². The van der Waals surface area contributed by atoms with Crippen LogP contribution in [0.2, 0.25) is 0 Å².